The molecule has 0 radical (unpaired) electrons. The molecule has 4 N–H and O–H groups in total. The molecule has 0 unspecified atom stereocenters. The predicted octanol–water partition coefficient (Wildman–Crippen LogP) is 1.76. The number of esters is 1. The molecule has 1 aliphatic rings. The van der Waals surface area contributed by atoms with Crippen LogP contribution >= 0.6 is 0 Å². The van der Waals surface area contributed by atoms with Crippen molar-refractivity contribution >= 4 is 18.1 Å². The summed E-state index contributed by atoms with van der Waals surface area (Å²) in [5, 5.41) is 33.9. The third-order valence-electron chi connectivity index (χ3n) is 4.97. The number of aliphatic hydroxyl groups is 3. The number of ether oxygens (including phenoxy) is 3. The van der Waals surface area contributed by atoms with Gasteiger partial charge in [0, 0.05) is 12.0 Å². The lowest BCUT2D eigenvalue weighted by atomic mass is 9.87. The minimum atomic E-state index is -1.53. The molecule has 0 aliphatic heterocycles. The van der Waals surface area contributed by atoms with Gasteiger partial charge in [-0.05, 0) is 59.2 Å². The number of nitrogens with one attached hydrogen (secondary N) is 1. The van der Waals surface area contributed by atoms with E-state index in [1.54, 1.807) is 39.0 Å². The minimum Gasteiger partial charge on any atom is -0.485 e. The fraction of sp³-hybridized carbons (Fsp3) is 0.652. The first kappa shape index (κ1) is 25.9. The zero-order valence-electron chi connectivity index (χ0n) is 19.5. The Bertz CT molecular complexity index is 798. The summed E-state index contributed by atoms with van der Waals surface area (Å²) in [6.07, 6.45) is -6.27. The van der Waals surface area contributed by atoms with E-state index in [0.717, 1.165) is 5.56 Å². The number of hydrogen-bond acceptors (Lipinski definition) is 9. The molecular weight excluding hydrogens is 418 g/mol. The van der Waals surface area contributed by atoms with Gasteiger partial charge in [-0.15, -0.1) is 0 Å². The van der Waals surface area contributed by atoms with Crippen molar-refractivity contribution in [2.75, 3.05) is 5.32 Å². The molecule has 1 aliphatic carbocycles. The van der Waals surface area contributed by atoms with Gasteiger partial charge in [-0.2, -0.15) is 0 Å². The third-order valence-corrected chi connectivity index (χ3v) is 4.97. The average molecular weight is 454 g/mol. The molecule has 0 bridgehead atoms. The van der Waals surface area contributed by atoms with Crippen LogP contribution in [0.3, 0.4) is 0 Å². The summed E-state index contributed by atoms with van der Waals surface area (Å²) in [7, 11) is 0. The number of rotatable bonds is 7. The summed E-state index contributed by atoms with van der Waals surface area (Å²) in [6.45, 7) is 11.5. The monoisotopic (exact) mass is 453 g/mol. The molecule has 0 heterocycles. The van der Waals surface area contributed by atoms with Crippen LogP contribution in [0, 0.1) is 5.41 Å². The zero-order chi connectivity index (χ0) is 24.3. The van der Waals surface area contributed by atoms with E-state index >= 15 is 0 Å². The fourth-order valence-corrected chi connectivity index (χ4v) is 3.27. The van der Waals surface area contributed by atoms with E-state index in [9.17, 15) is 24.9 Å². The maximum Gasteiger partial charge on any atom is 0.311 e. The standard InChI is InChI=1S/C23H35NO8/c1-22(2,3)21(29)30-11-13-7-8-15(14(9-13)24-23(4,5)6)32-17-10-16(31-12-25)18(26)20(28)19(17)27/h7-9,12,16-20,24,26-28H,10-11H2,1-6H3/t16-,17+,18+,19-,20-/m0/s1. The van der Waals surface area contributed by atoms with Crippen molar-refractivity contribution in [1.29, 1.82) is 0 Å². The highest BCUT2D eigenvalue weighted by molar-refractivity contribution is 5.75. The summed E-state index contributed by atoms with van der Waals surface area (Å²) in [5.41, 5.74) is 0.395. The number of hydrogen-bond donors (Lipinski definition) is 4. The smallest absolute Gasteiger partial charge is 0.311 e. The van der Waals surface area contributed by atoms with Crippen LogP contribution in [0.2, 0.25) is 0 Å². The number of benzene rings is 1. The molecule has 1 aromatic rings. The van der Waals surface area contributed by atoms with Gasteiger partial charge in [-0.3, -0.25) is 9.59 Å². The highest BCUT2D eigenvalue weighted by Gasteiger charge is 2.45. The first-order valence-electron chi connectivity index (χ1n) is 10.6. The molecule has 0 aromatic heterocycles. The van der Waals surface area contributed by atoms with E-state index in [1.165, 1.54) is 0 Å². The molecule has 0 spiro atoms. The third kappa shape index (κ3) is 6.82. The summed E-state index contributed by atoms with van der Waals surface area (Å²) in [4.78, 5) is 22.8. The topological polar surface area (TPSA) is 135 Å². The van der Waals surface area contributed by atoms with Gasteiger partial charge >= 0.3 is 5.97 Å². The molecule has 1 fully saturated rings. The molecule has 180 valence electrons. The van der Waals surface area contributed by atoms with Gasteiger partial charge in [0.15, 0.2) is 0 Å². The van der Waals surface area contributed by atoms with Crippen molar-refractivity contribution in [2.45, 2.75) is 90.6 Å². The maximum absolute atomic E-state index is 12.1. The molecule has 0 saturated heterocycles. The van der Waals surface area contributed by atoms with E-state index in [0.29, 0.717) is 11.4 Å². The van der Waals surface area contributed by atoms with Crippen molar-refractivity contribution in [3.63, 3.8) is 0 Å². The molecule has 0 amide bonds. The van der Waals surface area contributed by atoms with Crippen LogP contribution in [0.1, 0.15) is 53.5 Å². The van der Waals surface area contributed by atoms with E-state index in [1.807, 2.05) is 20.8 Å². The van der Waals surface area contributed by atoms with Crippen molar-refractivity contribution in [3.8, 4) is 5.75 Å². The molecule has 1 saturated carbocycles. The second kappa shape index (κ2) is 10.1. The van der Waals surface area contributed by atoms with E-state index in [2.05, 4.69) is 5.32 Å². The lowest BCUT2D eigenvalue weighted by Gasteiger charge is -2.39. The Morgan fingerprint density at radius 1 is 1.06 bits per heavy atom. The highest BCUT2D eigenvalue weighted by atomic mass is 16.6. The van der Waals surface area contributed by atoms with Crippen LogP contribution in [0.4, 0.5) is 5.69 Å². The fourth-order valence-electron chi connectivity index (χ4n) is 3.27. The largest absolute Gasteiger partial charge is 0.485 e. The SMILES string of the molecule is CC(C)(C)Nc1cc(COC(=O)C(C)(C)C)ccc1O[C@@H]1C[C@H](OC=O)[C@@H](O)[C@H](O)[C@H]1O. The second-order valence-electron chi connectivity index (χ2n) is 10.2. The lowest BCUT2D eigenvalue weighted by molar-refractivity contribution is -0.184. The van der Waals surface area contributed by atoms with E-state index in [-0.39, 0.29) is 31.0 Å². The quantitative estimate of drug-likeness (QED) is 0.360. The van der Waals surface area contributed by atoms with Gasteiger partial charge in [0.05, 0.1) is 11.1 Å². The Kier molecular flexibility index (Phi) is 8.14. The summed E-state index contributed by atoms with van der Waals surface area (Å²) < 4.78 is 16.2. The average Bonchev–Trinajstić information content (AvgIpc) is 2.67. The van der Waals surface area contributed by atoms with Gasteiger partial charge in [0.25, 0.3) is 6.47 Å². The number of anilines is 1. The van der Waals surface area contributed by atoms with Gasteiger partial charge < -0.3 is 34.8 Å². The number of carbonyl (C=O) groups is 2. The second-order valence-corrected chi connectivity index (χ2v) is 10.2. The van der Waals surface area contributed by atoms with Crippen molar-refractivity contribution in [3.05, 3.63) is 23.8 Å². The van der Waals surface area contributed by atoms with Crippen molar-refractivity contribution in [2.24, 2.45) is 5.41 Å². The van der Waals surface area contributed by atoms with Crippen molar-refractivity contribution < 1.29 is 39.1 Å². The van der Waals surface area contributed by atoms with Gasteiger partial charge in [-0.25, -0.2) is 0 Å². The van der Waals surface area contributed by atoms with Crippen LogP contribution in [0.5, 0.6) is 5.75 Å². The van der Waals surface area contributed by atoms with Crippen LogP contribution in [0.25, 0.3) is 0 Å². The number of aliphatic hydroxyl groups excluding tert-OH is 3. The Balaban J connectivity index is 2.25. The lowest BCUT2D eigenvalue weighted by Crippen LogP contribution is -2.58. The van der Waals surface area contributed by atoms with Crippen LogP contribution in [-0.4, -0.2) is 63.8 Å². The van der Waals surface area contributed by atoms with Crippen LogP contribution < -0.4 is 10.1 Å². The molecular formula is C23H35NO8. The van der Waals surface area contributed by atoms with Gasteiger partial charge in [-0.1, -0.05) is 6.07 Å². The minimum absolute atomic E-state index is 0.00195. The molecule has 5 atom stereocenters. The summed E-state index contributed by atoms with van der Waals surface area (Å²) in [5.74, 6) is 0.0746. The highest BCUT2D eigenvalue weighted by Crippen LogP contribution is 2.33. The summed E-state index contributed by atoms with van der Waals surface area (Å²) >= 11 is 0. The van der Waals surface area contributed by atoms with Gasteiger partial charge in [0.1, 0.15) is 42.9 Å². The Labute approximate surface area is 188 Å². The molecule has 2 rings (SSSR count). The van der Waals surface area contributed by atoms with E-state index < -0.39 is 35.9 Å². The Morgan fingerprint density at radius 3 is 2.25 bits per heavy atom. The van der Waals surface area contributed by atoms with Crippen LogP contribution in [0.15, 0.2) is 18.2 Å². The first-order valence-corrected chi connectivity index (χ1v) is 10.6. The maximum atomic E-state index is 12.1. The molecule has 9 nitrogen and oxygen atoms in total. The normalized spacial score (nSPS) is 26.2. The summed E-state index contributed by atoms with van der Waals surface area (Å²) in [6, 6.07) is 5.20. The molecule has 9 heteroatoms. The Morgan fingerprint density at radius 2 is 1.69 bits per heavy atom. The van der Waals surface area contributed by atoms with Crippen molar-refractivity contribution in [1.82, 2.24) is 0 Å². The van der Waals surface area contributed by atoms with Crippen LogP contribution in [-0.2, 0) is 25.7 Å². The van der Waals surface area contributed by atoms with E-state index in [4.69, 9.17) is 14.2 Å². The number of carbonyl (C=O) groups excluding carboxylic acids is 2. The van der Waals surface area contributed by atoms with Gasteiger partial charge in [0.2, 0.25) is 0 Å². The molecule has 1 aromatic carbocycles. The Hall–Kier alpha value is -2.36. The zero-order valence-corrected chi connectivity index (χ0v) is 19.5. The first-order chi connectivity index (χ1) is 14.7. The molecule has 32 heavy (non-hydrogen) atoms. The predicted molar refractivity (Wildman–Crippen MR) is 117 cm³/mol.